The van der Waals surface area contributed by atoms with Crippen molar-refractivity contribution in [2.24, 2.45) is 0 Å². The fourth-order valence-electron chi connectivity index (χ4n) is 4.78. The third-order valence-corrected chi connectivity index (χ3v) is 6.63. The third-order valence-electron chi connectivity index (χ3n) is 6.63. The zero-order valence-electron chi connectivity index (χ0n) is 23.0. The molecule has 0 saturated heterocycles. The Hall–Kier alpha value is -5.03. The summed E-state index contributed by atoms with van der Waals surface area (Å²) in [6.07, 6.45) is 8.36. The van der Waals surface area contributed by atoms with E-state index in [-0.39, 0.29) is 24.5 Å². The van der Waals surface area contributed by atoms with Crippen molar-refractivity contribution in [1.29, 1.82) is 0 Å². The van der Waals surface area contributed by atoms with E-state index in [0.29, 0.717) is 39.3 Å². The lowest BCUT2D eigenvalue weighted by Crippen LogP contribution is -2.43. The molecule has 0 spiro atoms. The van der Waals surface area contributed by atoms with Gasteiger partial charge in [-0.05, 0) is 74.0 Å². The minimum absolute atomic E-state index is 0.0490. The van der Waals surface area contributed by atoms with Gasteiger partial charge in [0, 0.05) is 22.9 Å². The fourth-order valence-corrected chi connectivity index (χ4v) is 4.78. The SMILES string of the molecule is C=C(C)/C=C(F)\C(=C/C)C(O)(CNc1cc(-c2c(-c3ccc(F)cc3)nn3cc(F)ccc23)ccn1)Cn1cncn1. The van der Waals surface area contributed by atoms with Gasteiger partial charge in [-0.2, -0.15) is 10.2 Å². The van der Waals surface area contributed by atoms with Gasteiger partial charge in [-0.25, -0.2) is 32.3 Å². The molecule has 0 aliphatic heterocycles. The highest BCUT2D eigenvalue weighted by molar-refractivity contribution is 5.92. The molecule has 0 amide bonds. The van der Waals surface area contributed by atoms with E-state index in [2.05, 4.69) is 32.1 Å². The molecule has 8 nitrogen and oxygen atoms in total. The lowest BCUT2D eigenvalue weighted by molar-refractivity contribution is 0.0680. The first-order valence-corrected chi connectivity index (χ1v) is 13.1. The first-order valence-electron chi connectivity index (χ1n) is 13.1. The third kappa shape index (κ3) is 6.01. The molecule has 42 heavy (non-hydrogen) atoms. The minimum Gasteiger partial charge on any atom is -0.381 e. The molecule has 5 rings (SSSR count). The van der Waals surface area contributed by atoms with Crippen LogP contribution in [-0.2, 0) is 6.54 Å². The average Bonchev–Trinajstić information content (AvgIpc) is 3.60. The van der Waals surface area contributed by atoms with E-state index in [1.165, 1.54) is 58.4 Å². The predicted octanol–water partition coefficient (Wildman–Crippen LogP) is 6.15. The molecule has 5 aromatic rings. The van der Waals surface area contributed by atoms with Crippen LogP contribution in [0.2, 0.25) is 0 Å². The number of pyridine rings is 2. The van der Waals surface area contributed by atoms with Gasteiger partial charge in [-0.15, -0.1) is 0 Å². The van der Waals surface area contributed by atoms with Crippen LogP contribution in [0, 0.1) is 11.6 Å². The number of benzene rings is 1. The van der Waals surface area contributed by atoms with E-state index in [1.54, 1.807) is 50.4 Å². The highest BCUT2D eigenvalue weighted by Crippen LogP contribution is 2.36. The largest absolute Gasteiger partial charge is 0.381 e. The zero-order chi connectivity index (χ0) is 29.9. The van der Waals surface area contributed by atoms with Crippen LogP contribution < -0.4 is 5.32 Å². The van der Waals surface area contributed by atoms with Crippen molar-refractivity contribution in [3.8, 4) is 22.4 Å². The number of nitrogens with one attached hydrogen (secondary N) is 1. The van der Waals surface area contributed by atoms with Crippen LogP contribution in [0.5, 0.6) is 0 Å². The summed E-state index contributed by atoms with van der Waals surface area (Å²) in [5, 5.41) is 23.6. The summed E-state index contributed by atoms with van der Waals surface area (Å²) in [5.41, 5.74) is 1.93. The van der Waals surface area contributed by atoms with Gasteiger partial charge >= 0.3 is 0 Å². The molecule has 214 valence electrons. The molecule has 0 bridgehead atoms. The van der Waals surface area contributed by atoms with Gasteiger partial charge in [0.1, 0.15) is 47.2 Å². The number of anilines is 1. The number of hydrogen-bond donors (Lipinski definition) is 2. The van der Waals surface area contributed by atoms with Gasteiger partial charge < -0.3 is 10.4 Å². The number of fused-ring (bicyclic) bond motifs is 1. The summed E-state index contributed by atoms with van der Waals surface area (Å²) >= 11 is 0. The average molecular weight is 572 g/mol. The Bertz CT molecular complexity index is 1790. The maximum Gasteiger partial charge on any atom is 0.141 e. The monoisotopic (exact) mass is 571 g/mol. The molecule has 2 N–H and O–H groups in total. The molecular formula is C31H28F3N7O. The molecule has 4 aromatic heterocycles. The van der Waals surface area contributed by atoms with E-state index >= 15 is 4.39 Å². The molecule has 11 heteroatoms. The summed E-state index contributed by atoms with van der Waals surface area (Å²) in [6, 6.07) is 12.3. The lowest BCUT2D eigenvalue weighted by Gasteiger charge is -2.30. The van der Waals surface area contributed by atoms with E-state index in [9.17, 15) is 13.9 Å². The summed E-state index contributed by atoms with van der Waals surface area (Å²) in [6.45, 7) is 6.80. The summed E-state index contributed by atoms with van der Waals surface area (Å²) in [4.78, 5) is 8.33. The van der Waals surface area contributed by atoms with Gasteiger partial charge in [0.05, 0.1) is 24.8 Å². The maximum atomic E-state index is 15.2. The summed E-state index contributed by atoms with van der Waals surface area (Å²) < 4.78 is 45.8. The van der Waals surface area contributed by atoms with E-state index in [1.807, 2.05) is 0 Å². The van der Waals surface area contributed by atoms with Crippen molar-refractivity contribution in [1.82, 2.24) is 29.4 Å². The van der Waals surface area contributed by atoms with Crippen LogP contribution in [0.25, 0.3) is 27.9 Å². The minimum atomic E-state index is -1.75. The topological polar surface area (TPSA) is 93.2 Å². The smallest absolute Gasteiger partial charge is 0.141 e. The number of nitrogens with zero attached hydrogens (tertiary/aromatic N) is 6. The second-order valence-corrected chi connectivity index (χ2v) is 9.86. The standard InChI is InChI=1S/C31H28F3N7O/c1-4-25(26(34)13-20(2)3)31(42,17-40-19-35-18-38-40)16-37-28-14-22(11-12-36-28)29-27-10-9-24(33)15-41(27)39-30(29)21-5-7-23(32)8-6-21/h4-15,18-19,42H,2,16-17H2,1,3H3,(H,36,37)/b25-4+,26-13+. The van der Waals surface area contributed by atoms with Crippen molar-refractivity contribution < 1.29 is 18.3 Å². The lowest BCUT2D eigenvalue weighted by atomic mass is 9.91. The molecular weight excluding hydrogens is 543 g/mol. The quantitative estimate of drug-likeness (QED) is 0.195. The Balaban J connectivity index is 1.53. The van der Waals surface area contributed by atoms with E-state index < -0.39 is 17.2 Å². The van der Waals surface area contributed by atoms with Crippen LogP contribution in [-0.4, -0.2) is 46.6 Å². The Morgan fingerprint density at radius 1 is 1.10 bits per heavy atom. The Kier molecular flexibility index (Phi) is 8.03. The first-order chi connectivity index (χ1) is 20.2. The Labute approximate surface area is 240 Å². The predicted molar refractivity (Wildman–Crippen MR) is 155 cm³/mol. The first kappa shape index (κ1) is 28.5. The Morgan fingerprint density at radius 3 is 2.55 bits per heavy atom. The number of hydrogen-bond acceptors (Lipinski definition) is 6. The van der Waals surface area contributed by atoms with E-state index in [0.717, 1.165) is 0 Å². The maximum absolute atomic E-state index is 15.2. The normalized spacial score (nSPS) is 13.8. The van der Waals surface area contributed by atoms with Crippen molar-refractivity contribution >= 4 is 11.3 Å². The molecule has 4 heterocycles. The van der Waals surface area contributed by atoms with Gasteiger partial charge in [0.25, 0.3) is 0 Å². The molecule has 0 aliphatic rings. The molecule has 1 aromatic carbocycles. The molecule has 1 atom stereocenters. The number of halogens is 3. The zero-order valence-corrected chi connectivity index (χ0v) is 23.0. The second-order valence-electron chi connectivity index (χ2n) is 9.86. The molecule has 0 saturated carbocycles. The van der Waals surface area contributed by atoms with Gasteiger partial charge in [0.2, 0.25) is 0 Å². The molecule has 0 radical (unpaired) electrons. The molecule has 1 unspecified atom stereocenters. The highest BCUT2D eigenvalue weighted by Gasteiger charge is 2.35. The van der Waals surface area contributed by atoms with Crippen molar-refractivity contribution in [2.45, 2.75) is 26.0 Å². The number of allylic oxidation sites excluding steroid dienone is 3. The van der Waals surface area contributed by atoms with Crippen LogP contribution in [0.1, 0.15) is 13.8 Å². The van der Waals surface area contributed by atoms with Gasteiger partial charge in [0.15, 0.2) is 0 Å². The van der Waals surface area contributed by atoms with Crippen LogP contribution in [0.3, 0.4) is 0 Å². The summed E-state index contributed by atoms with van der Waals surface area (Å²) in [5.74, 6) is -1.09. The van der Waals surface area contributed by atoms with Gasteiger partial charge in [-0.1, -0.05) is 18.2 Å². The van der Waals surface area contributed by atoms with E-state index in [4.69, 9.17) is 0 Å². The number of rotatable bonds is 10. The summed E-state index contributed by atoms with van der Waals surface area (Å²) in [7, 11) is 0. The molecule has 0 fully saturated rings. The second kappa shape index (κ2) is 11.8. The fraction of sp³-hybridized carbons (Fsp3) is 0.161. The van der Waals surface area contributed by atoms with Gasteiger partial charge in [-0.3, -0.25) is 0 Å². The highest BCUT2D eigenvalue weighted by atomic mass is 19.1. The van der Waals surface area contributed by atoms with Crippen molar-refractivity contribution in [3.05, 3.63) is 121 Å². The van der Waals surface area contributed by atoms with Crippen LogP contribution >= 0.6 is 0 Å². The Morgan fingerprint density at radius 2 is 1.86 bits per heavy atom. The van der Waals surface area contributed by atoms with Crippen LogP contribution in [0.15, 0.2) is 109 Å². The number of aromatic nitrogens is 6. The van der Waals surface area contributed by atoms with Crippen molar-refractivity contribution in [2.75, 3.05) is 11.9 Å². The van der Waals surface area contributed by atoms with Crippen molar-refractivity contribution in [3.63, 3.8) is 0 Å². The molecule has 0 aliphatic carbocycles. The van der Waals surface area contributed by atoms with Crippen LogP contribution in [0.4, 0.5) is 19.0 Å². The number of aliphatic hydroxyl groups is 1.